The Morgan fingerprint density at radius 1 is 1.26 bits per heavy atom. The third-order valence-electron chi connectivity index (χ3n) is 2.76. The Morgan fingerprint density at radius 2 is 2.00 bits per heavy atom. The third-order valence-corrected chi connectivity index (χ3v) is 2.76. The molecule has 0 unspecified atom stereocenters. The molecule has 1 aliphatic heterocycles. The first kappa shape index (κ1) is 16.1. The van der Waals surface area contributed by atoms with Gasteiger partial charge in [0.15, 0.2) is 5.96 Å². The van der Waals surface area contributed by atoms with Crippen LogP contribution in [0, 0.1) is 13.8 Å². The standard InChI is InChI=1S/C14H21N3O.HI/c1-11-8-12(2)10-13(9-11)18-7-6-17-14-15-4-3-5-16-14;/h8-10H,3-7H2,1-2H3,(H2,15,16,17);1H. The average molecular weight is 375 g/mol. The maximum atomic E-state index is 5.71. The quantitative estimate of drug-likeness (QED) is 0.627. The van der Waals surface area contributed by atoms with Crippen molar-refractivity contribution >= 4 is 29.9 Å². The molecule has 0 bridgehead atoms. The number of ether oxygens (including phenoxy) is 1. The van der Waals surface area contributed by atoms with Gasteiger partial charge in [0.05, 0.1) is 6.54 Å². The van der Waals surface area contributed by atoms with Gasteiger partial charge < -0.3 is 15.4 Å². The van der Waals surface area contributed by atoms with Crippen molar-refractivity contribution in [1.29, 1.82) is 0 Å². The van der Waals surface area contributed by atoms with Gasteiger partial charge in [0.25, 0.3) is 0 Å². The van der Waals surface area contributed by atoms with Gasteiger partial charge in [-0.1, -0.05) is 6.07 Å². The molecule has 1 heterocycles. The van der Waals surface area contributed by atoms with E-state index >= 15 is 0 Å². The van der Waals surface area contributed by atoms with E-state index in [9.17, 15) is 0 Å². The zero-order chi connectivity index (χ0) is 12.8. The Balaban J connectivity index is 0.00000180. The SMILES string of the molecule is Cc1cc(C)cc(OCCNC2=NCCCN2)c1.I. The van der Waals surface area contributed by atoms with Crippen LogP contribution in [0.1, 0.15) is 17.5 Å². The summed E-state index contributed by atoms with van der Waals surface area (Å²) in [5.74, 6) is 1.83. The highest BCUT2D eigenvalue weighted by molar-refractivity contribution is 14.0. The van der Waals surface area contributed by atoms with E-state index in [1.165, 1.54) is 11.1 Å². The second-order valence-electron chi connectivity index (χ2n) is 4.61. The van der Waals surface area contributed by atoms with Crippen molar-refractivity contribution in [3.05, 3.63) is 29.3 Å². The van der Waals surface area contributed by atoms with E-state index in [0.717, 1.165) is 37.8 Å². The number of rotatable bonds is 4. The predicted octanol–water partition coefficient (Wildman–Crippen LogP) is 2.24. The molecular weight excluding hydrogens is 353 g/mol. The Hall–Kier alpha value is -0.980. The topological polar surface area (TPSA) is 45.6 Å². The van der Waals surface area contributed by atoms with Gasteiger partial charge in [0.1, 0.15) is 12.4 Å². The summed E-state index contributed by atoms with van der Waals surface area (Å²) in [7, 11) is 0. The van der Waals surface area contributed by atoms with Crippen LogP contribution in [-0.2, 0) is 0 Å². The minimum Gasteiger partial charge on any atom is -0.492 e. The summed E-state index contributed by atoms with van der Waals surface area (Å²) in [5, 5.41) is 6.45. The molecule has 1 aromatic carbocycles. The van der Waals surface area contributed by atoms with E-state index in [4.69, 9.17) is 4.74 Å². The molecule has 0 radical (unpaired) electrons. The molecule has 1 aromatic rings. The normalized spacial score (nSPS) is 13.9. The molecule has 1 aliphatic rings. The number of nitrogens with one attached hydrogen (secondary N) is 2. The van der Waals surface area contributed by atoms with Gasteiger partial charge in [0.2, 0.25) is 0 Å². The molecule has 0 fully saturated rings. The van der Waals surface area contributed by atoms with Crippen molar-refractivity contribution in [1.82, 2.24) is 10.6 Å². The lowest BCUT2D eigenvalue weighted by molar-refractivity contribution is 0.321. The Labute approximate surface area is 132 Å². The molecule has 4 nitrogen and oxygen atoms in total. The Bertz CT molecular complexity index is 414. The van der Waals surface area contributed by atoms with E-state index in [0.29, 0.717) is 6.61 Å². The van der Waals surface area contributed by atoms with Gasteiger partial charge in [-0.2, -0.15) is 0 Å². The van der Waals surface area contributed by atoms with E-state index < -0.39 is 0 Å². The zero-order valence-corrected chi connectivity index (χ0v) is 13.9. The summed E-state index contributed by atoms with van der Waals surface area (Å²) in [5.41, 5.74) is 2.47. The van der Waals surface area contributed by atoms with Crippen LogP contribution in [0.5, 0.6) is 5.75 Å². The number of guanidine groups is 1. The molecule has 0 saturated carbocycles. The molecular formula is C14H22IN3O. The molecule has 0 saturated heterocycles. The highest BCUT2D eigenvalue weighted by Gasteiger charge is 2.02. The van der Waals surface area contributed by atoms with Crippen molar-refractivity contribution in [3.63, 3.8) is 0 Å². The lowest BCUT2D eigenvalue weighted by Crippen LogP contribution is -2.42. The molecule has 0 atom stereocenters. The number of hydrogen-bond acceptors (Lipinski definition) is 4. The van der Waals surface area contributed by atoms with E-state index in [1.54, 1.807) is 0 Å². The van der Waals surface area contributed by atoms with Gasteiger partial charge >= 0.3 is 0 Å². The van der Waals surface area contributed by atoms with E-state index in [-0.39, 0.29) is 24.0 Å². The van der Waals surface area contributed by atoms with Crippen LogP contribution in [0.25, 0.3) is 0 Å². The number of hydrogen-bond donors (Lipinski definition) is 2. The number of halogens is 1. The van der Waals surface area contributed by atoms with Crippen molar-refractivity contribution in [2.24, 2.45) is 4.99 Å². The van der Waals surface area contributed by atoms with Crippen LogP contribution in [0.4, 0.5) is 0 Å². The van der Waals surface area contributed by atoms with Crippen molar-refractivity contribution < 1.29 is 4.74 Å². The van der Waals surface area contributed by atoms with Gasteiger partial charge in [0, 0.05) is 13.1 Å². The van der Waals surface area contributed by atoms with Gasteiger partial charge in [-0.3, -0.25) is 4.99 Å². The minimum absolute atomic E-state index is 0. The number of aryl methyl sites for hydroxylation is 2. The van der Waals surface area contributed by atoms with Crippen LogP contribution >= 0.6 is 24.0 Å². The maximum Gasteiger partial charge on any atom is 0.191 e. The lowest BCUT2D eigenvalue weighted by Gasteiger charge is -2.16. The van der Waals surface area contributed by atoms with Crippen LogP contribution < -0.4 is 15.4 Å². The summed E-state index contributed by atoms with van der Waals surface area (Å²) >= 11 is 0. The van der Waals surface area contributed by atoms with Gasteiger partial charge in [-0.25, -0.2) is 0 Å². The molecule has 0 aliphatic carbocycles. The van der Waals surface area contributed by atoms with Crippen LogP contribution in [0.2, 0.25) is 0 Å². The number of benzene rings is 1. The van der Waals surface area contributed by atoms with E-state index in [2.05, 4.69) is 47.7 Å². The second kappa shape index (κ2) is 8.24. The summed E-state index contributed by atoms with van der Waals surface area (Å²) in [6.45, 7) is 7.48. The summed E-state index contributed by atoms with van der Waals surface area (Å²) in [4.78, 5) is 4.34. The number of nitrogens with zero attached hydrogens (tertiary/aromatic N) is 1. The molecule has 5 heteroatoms. The minimum atomic E-state index is 0. The molecule has 0 aromatic heterocycles. The van der Waals surface area contributed by atoms with Crippen LogP contribution in [0.15, 0.2) is 23.2 Å². The van der Waals surface area contributed by atoms with Crippen LogP contribution in [0.3, 0.4) is 0 Å². The Morgan fingerprint density at radius 3 is 2.63 bits per heavy atom. The lowest BCUT2D eigenvalue weighted by atomic mass is 10.1. The largest absolute Gasteiger partial charge is 0.492 e. The fourth-order valence-electron chi connectivity index (χ4n) is 2.01. The molecule has 106 valence electrons. The first-order chi connectivity index (χ1) is 8.74. The molecule has 0 amide bonds. The summed E-state index contributed by atoms with van der Waals surface area (Å²) in [6, 6.07) is 6.26. The first-order valence-electron chi connectivity index (χ1n) is 6.47. The average Bonchev–Trinajstić information content (AvgIpc) is 2.35. The zero-order valence-electron chi connectivity index (χ0n) is 11.5. The fraction of sp³-hybridized carbons (Fsp3) is 0.500. The van der Waals surface area contributed by atoms with Gasteiger partial charge in [-0.15, -0.1) is 24.0 Å². The molecule has 2 N–H and O–H groups in total. The van der Waals surface area contributed by atoms with Gasteiger partial charge in [-0.05, 0) is 43.5 Å². The number of aliphatic imine (C=N–C) groups is 1. The summed E-state index contributed by atoms with van der Waals surface area (Å²) < 4.78 is 5.71. The monoisotopic (exact) mass is 375 g/mol. The second-order valence-corrected chi connectivity index (χ2v) is 4.61. The maximum absolute atomic E-state index is 5.71. The first-order valence-corrected chi connectivity index (χ1v) is 6.47. The molecule has 2 rings (SSSR count). The molecule has 19 heavy (non-hydrogen) atoms. The smallest absolute Gasteiger partial charge is 0.191 e. The Kier molecular flexibility index (Phi) is 6.97. The van der Waals surface area contributed by atoms with Crippen molar-refractivity contribution in [3.8, 4) is 5.75 Å². The van der Waals surface area contributed by atoms with Crippen molar-refractivity contribution in [2.75, 3.05) is 26.2 Å². The fourth-order valence-corrected chi connectivity index (χ4v) is 2.01. The summed E-state index contributed by atoms with van der Waals surface area (Å²) in [6.07, 6.45) is 1.12. The highest BCUT2D eigenvalue weighted by atomic mass is 127. The highest BCUT2D eigenvalue weighted by Crippen LogP contribution is 2.15. The van der Waals surface area contributed by atoms with Crippen molar-refractivity contribution in [2.45, 2.75) is 20.3 Å². The molecule has 0 spiro atoms. The third kappa shape index (κ3) is 5.67. The van der Waals surface area contributed by atoms with Crippen LogP contribution in [-0.4, -0.2) is 32.2 Å². The predicted molar refractivity (Wildman–Crippen MR) is 89.8 cm³/mol. The van der Waals surface area contributed by atoms with E-state index in [1.807, 2.05) is 0 Å².